The average Bonchev–Trinajstić information content (AvgIpc) is 2.27. The van der Waals surface area contributed by atoms with Crippen molar-refractivity contribution in [3.63, 3.8) is 0 Å². The van der Waals surface area contributed by atoms with Crippen molar-refractivity contribution in [3.8, 4) is 0 Å². The summed E-state index contributed by atoms with van der Waals surface area (Å²) in [5.41, 5.74) is 5.20. The van der Waals surface area contributed by atoms with Crippen molar-refractivity contribution in [2.24, 2.45) is 0 Å². The summed E-state index contributed by atoms with van der Waals surface area (Å²) in [6.07, 6.45) is -1.87. The number of nitrogens with one attached hydrogen (secondary N) is 3. The first-order chi connectivity index (χ1) is 7.99. The predicted molar refractivity (Wildman–Crippen MR) is 77.4 cm³/mol. The number of aromatic nitrogens is 2. The Morgan fingerprint density at radius 2 is 2.05 bits per heavy atom. The number of fused-ring (bicyclic) bond motifs is 1. The molecule has 1 aliphatic heterocycles. The lowest BCUT2D eigenvalue weighted by Gasteiger charge is -2.31. The number of nitrogen functional groups attached to an aromatic ring is 1. The molecule has 0 saturated carbocycles. The van der Waals surface area contributed by atoms with E-state index in [9.17, 15) is 15.0 Å². The van der Waals surface area contributed by atoms with Gasteiger partial charge in [-0.15, -0.1) is 24.8 Å². The second-order valence-corrected chi connectivity index (χ2v) is 4.04. The summed E-state index contributed by atoms with van der Waals surface area (Å²) in [5, 5.41) is 24.7. The van der Waals surface area contributed by atoms with Gasteiger partial charge >= 0.3 is 0 Å². The summed E-state index contributed by atoms with van der Waals surface area (Å²) in [5.74, 6) is 0.373. The summed E-state index contributed by atoms with van der Waals surface area (Å²) in [6.45, 7) is 1.82. The topological polar surface area (TPSA) is 136 Å². The van der Waals surface area contributed by atoms with Gasteiger partial charge in [0.1, 0.15) is 11.8 Å². The second-order valence-electron chi connectivity index (χ2n) is 4.04. The highest BCUT2D eigenvalue weighted by Crippen LogP contribution is 2.21. The first kappa shape index (κ1) is 17.8. The van der Waals surface area contributed by atoms with E-state index < -0.39 is 23.8 Å². The van der Waals surface area contributed by atoms with Crippen LogP contribution in [0.2, 0.25) is 0 Å². The van der Waals surface area contributed by atoms with Crippen LogP contribution in [0.4, 0.5) is 17.5 Å². The van der Waals surface area contributed by atoms with Crippen molar-refractivity contribution in [2.45, 2.75) is 25.2 Å². The number of hydrogen-bond acceptors (Lipinski definition) is 7. The van der Waals surface area contributed by atoms with E-state index in [2.05, 4.69) is 20.6 Å². The van der Waals surface area contributed by atoms with Gasteiger partial charge in [-0.2, -0.15) is 4.98 Å². The van der Waals surface area contributed by atoms with Crippen LogP contribution in [0.25, 0.3) is 0 Å². The molecule has 10 heteroatoms. The molecule has 19 heavy (non-hydrogen) atoms. The number of hydrogen-bond donors (Lipinski definition) is 6. The van der Waals surface area contributed by atoms with E-state index in [0.717, 1.165) is 0 Å². The van der Waals surface area contributed by atoms with Crippen LogP contribution in [0.1, 0.15) is 6.92 Å². The Balaban J connectivity index is 0.00000162. The molecule has 2 rings (SSSR count). The van der Waals surface area contributed by atoms with Gasteiger partial charge in [0, 0.05) is 6.54 Å². The zero-order valence-electron chi connectivity index (χ0n) is 10.1. The molecule has 2 heterocycles. The molecule has 0 saturated heterocycles. The molecule has 3 atom stereocenters. The molecule has 1 aliphatic rings. The van der Waals surface area contributed by atoms with Crippen LogP contribution in [0.3, 0.4) is 0 Å². The van der Waals surface area contributed by atoms with Gasteiger partial charge in [0.25, 0.3) is 5.56 Å². The van der Waals surface area contributed by atoms with E-state index in [1.807, 2.05) is 0 Å². The fourth-order valence-corrected chi connectivity index (χ4v) is 1.74. The van der Waals surface area contributed by atoms with Crippen LogP contribution in [0.15, 0.2) is 4.79 Å². The maximum atomic E-state index is 11.6. The predicted octanol–water partition coefficient (Wildman–Crippen LogP) is -0.857. The minimum atomic E-state index is -0.979. The van der Waals surface area contributed by atoms with Crippen molar-refractivity contribution in [1.29, 1.82) is 0 Å². The lowest BCUT2D eigenvalue weighted by atomic mass is 10.0. The molecule has 0 aliphatic carbocycles. The van der Waals surface area contributed by atoms with Gasteiger partial charge in [0.05, 0.1) is 12.1 Å². The molecule has 0 radical (unpaired) electrons. The van der Waals surface area contributed by atoms with Crippen LogP contribution < -0.4 is 21.9 Å². The molecule has 0 aromatic carbocycles. The molecule has 1 aromatic rings. The summed E-state index contributed by atoms with van der Waals surface area (Å²) < 4.78 is 0. The normalized spacial score (nSPS) is 19.6. The first-order valence-corrected chi connectivity index (χ1v) is 5.25. The quantitative estimate of drug-likeness (QED) is 0.418. The molecule has 8 nitrogen and oxygen atoms in total. The van der Waals surface area contributed by atoms with Gasteiger partial charge < -0.3 is 26.6 Å². The van der Waals surface area contributed by atoms with Crippen molar-refractivity contribution in [2.75, 3.05) is 22.9 Å². The number of aliphatic hydroxyl groups is 2. The average molecular weight is 314 g/mol. The van der Waals surface area contributed by atoms with E-state index in [1.54, 1.807) is 0 Å². The van der Waals surface area contributed by atoms with Crippen LogP contribution in [0.5, 0.6) is 0 Å². The van der Waals surface area contributed by atoms with Gasteiger partial charge in [-0.1, -0.05) is 0 Å². The molecular weight excluding hydrogens is 297 g/mol. The summed E-state index contributed by atoms with van der Waals surface area (Å²) in [6, 6.07) is -0.464. The van der Waals surface area contributed by atoms with Crippen molar-refractivity contribution in [3.05, 3.63) is 10.4 Å². The maximum absolute atomic E-state index is 11.6. The number of rotatable bonds is 2. The van der Waals surface area contributed by atoms with E-state index in [0.29, 0.717) is 12.4 Å². The number of H-pyrrole nitrogens is 1. The van der Waals surface area contributed by atoms with Crippen molar-refractivity contribution in [1.82, 2.24) is 9.97 Å². The molecule has 0 bridgehead atoms. The third kappa shape index (κ3) is 3.63. The molecule has 0 spiro atoms. The lowest BCUT2D eigenvalue weighted by molar-refractivity contribution is 0.0214. The zero-order valence-corrected chi connectivity index (χ0v) is 11.7. The molecule has 0 fully saturated rings. The number of aromatic amines is 1. The number of nitrogens with two attached hydrogens (primary N) is 1. The molecule has 1 aromatic heterocycles. The van der Waals surface area contributed by atoms with Crippen LogP contribution >= 0.6 is 24.8 Å². The Morgan fingerprint density at radius 3 is 2.63 bits per heavy atom. The largest absolute Gasteiger partial charge is 0.391 e. The van der Waals surface area contributed by atoms with Gasteiger partial charge in [0.2, 0.25) is 5.95 Å². The lowest BCUT2D eigenvalue weighted by Crippen LogP contribution is -2.48. The smallest absolute Gasteiger partial charge is 0.277 e. The van der Waals surface area contributed by atoms with E-state index >= 15 is 0 Å². The highest BCUT2D eigenvalue weighted by molar-refractivity contribution is 5.85. The monoisotopic (exact) mass is 313 g/mol. The minimum absolute atomic E-state index is 0. The first-order valence-electron chi connectivity index (χ1n) is 5.25. The Labute approximate surface area is 121 Å². The summed E-state index contributed by atoms with van der Waals surface area (Å²) in [4.78, 5) is 17.9. The highest BCUT2D eigenvalue weighted by Gasteiger charge is 2.29. The highest BCUT2D eigenvalue weighted by atomic mass is 35.5. The SMILES string of the molecule is C[C@H](O)[C@H](O)[C@@H]1CNc2nc(N)[nH]c(=O)c2N1.Cl.Cl. The summed E-state index contributed by atoms with van der Waals surface area (Å²) in [7, 11) is 0. The molecule has 110 valence electrons. The van der Waals surface area contributed by atoms with E-state index in [-0.39, 0.29) is 36.4 Å². The Morgan fingerprint density at radius 1 is 1.42 bits per heavy atom. The second kappa shape index (κ2) is 6.80. The van der Waals surface area contributed by atoms with E-state index in [1.165, 1.54) is 6.92 Å². The molecule has 0 unspecified atom stereocenters. The number of nitrogens with zero attached hydrogens (tertiary/aromatic N) is 1. The number of halogens is 2. The van der Waals surface area contributed by atoms with Gasteiger partial charge in [-0.25, -0.2) is 0 Å². The zero-order chi connectivity index (χ0) is 12.6. The molecule has 7 N–H and O–H groups in total. The summed E-state index contributed by atoms with van der Waals surface area (Å²) >= 11 is 0. The Bertz CT molecular complexity index is 481. The fourth-order valence-electron chi connectivity index (χ4n) is 1.74. The van der Waals surface area contributed by atoms with Crippen LogP contribution in [0, 0.1) is 0 Å². The molecular formula is C9H17Cl2N5O3. The minimum Gasteiger partial charge on any atom is -0.391 e. The van der Waals surface area contributed by atoms with Crippen LogP contribution in [-0.4, -0.2) is 45.0 Å². The fraction of sp³-hybridized carbons (Fsp3) is 0.556. The van der Waals surface area contributed by atoms with Gasteiger partial charge in [-0.3, -0.25) is 9.78 Å². The Kier molecular flexibility index (Phi) is 6.37. The Hall–Kier alpha value is -1.22. The molecule has 0 amide bonds. The van der Waals surface area contributed by atoms with Crippen molar-refractivity contribution >= 4 is 42.3 Å². The number of aliphatic hydroxyl groups excluding tert-OH is 2. The van der Waals surface area contributed by atoms with Gasteiger partial charge in [-0.05, 0) is 6.92 Å². The van der Waals surface area contributed by atoms with Gasteiger partial charge in [0.15, 0.2) is 5.82 Å². The maximum Gasteiger partial charge on any atom is 0.277 e. The standard InChI is InChI=1S/C9H15N5O3.2ClH/c1-3(15)6(16)4-2-11-7-5(12-4)8(17)14-9(10)13-7;;/h3-4,6,12,15-16H,2H2,1H3,(H4,10,11,13,14,17);2*1H/t3-,4-,6-;;/m0../s1. The van der Waals surface area contributed by atoms with E-state index in [4.69, 9.17) is 5.73 Å². The number of anilines is 3. The third-order valence-corrected chi connectivity index (χ3v) is 2.66. The third-order valence-electron chi connectivity index (χ3n) is 2.66. The van der Waals surface area contributed by atoms with Crippen molar-refractivity contribution < 1.29 is 10.2 Å². The van der Waals surface area contributed by atoms with Crippen LogP contribution in [-0.2, 0) is 0 Å².